The SMILES string of the molecule is COc1ccccc1OC(C)c1nnc(SCC(=O)Nc2ccc(C(C)=O)cc2)n1CC(C)C. The van der Waals surface area contributed by atoms with Crippen LogP contribution in [0.3, 0.4) is 0 Å². The number of rotatable bonds is 11. The molecule has 1 atom stereocenters. The lowest BCUT2D eigenvalue weighted by molar-refractivity contribution is -0.113. The summed E-state index contributed by atoms with van der Waals surface area (Å²) in [7, 11) is 1.60. The van der Waals surface area contributed by atoms with Gasteiger partial charge in [0.25, 0.3) is 0 Å². The number of Topliss-reactive ketones (excluding diaryl/α,β-unsaturated/α-hetero) is 1. The molecule has 1 N–H and O–H groups in total. The number of benzene rings is 2. The van der Waals surface area contributed by atoms with Crippen molar-refractivity contribution >= 4 is 29.1 Å². The van der Waals surface area contributed by atoms with Crippen LogP contribution in [-0.2, 0) is 11.3 Å². The Bertz CT molecular complexity index is 1130. The zero-order valence-electron chi connectivity index (χ0n) is 20.1. The molecule has 0 saturated heterocycles. The predicted molar refractivity (Wildman–Crippen MR) is 133 cm³/mol. The summed E-state index contributed by atoms with van der Waals surface area (Å²) in [4.78, 5) is 23.9. The van der Waals surface area contributed by atoms with Crippen molar-refractivity contribution in [3.05, 3.63) is 59.9 Å². The van der Waals surface area contributed by atoms with Crippen LogP contribution in [0.25, 0.3) is 0 Å². The van der Waals surface area contributed by atoms with Crippen LogP contribution in [0.15, 0.2) is 53.7 Å². The van der Waals surface area contributed by atoms with Crippen LogP contribution in [-0.4, -0.2) is 39.3 Å². The van der Waals surface area contributed by atoms with Gasteiger partial charge in [-0.05, 0) is 56.2 Å². The van der Waals surface area contributed by atoms with Gasteiger partial charge in [-0.25, -0.2) is 0 Å². The molecule has 1 aromatic heterocycles. The lowest BCUT2D eigenvalue weighted by Gasteiger charge is -2.19. The Kier molecular flexibility index (Phi) is 8.70. The molecule has 0 radical (unpaired) electrons. The Morgan fingerprint density at radius 2 is 1.71 bits per heavy atom. The first-order valence-corrected chi connectivity index (χ1v) is 12.0. The van der Waals surface area contributed by atoms with E-state index in [2.05, 4.69) is 29.4 Å². The number of nitrogens with one attached hydrogen (secondary N) is 1. The molecule has 9 heteroatoms. The predicted octanol–water partition coefficient (Wildman–Crippen LogP) is 5.02. The summed E-state index contributed by atoms with van der Waals surface area (Å²) in [6.07, 6.45) is -0.370. The second-order valence-corrected chi connectivity index (χ2v) is 9.17. The van der Waals surface area contributed by atoms with Crippen molar-refractivity contribution in [3.63, 3.8) is 0 Å². The van der Waals surface area contributed by atoms with Gasteiger partial charge in [-0.15, -0.1) is 10.2 Å². The number of thioether (sulfide) groups is 1. The molecule has 180 valence electrons. The van der Waals surface area contributed by atoms with Crippen molar-refractivity contribution < 1.29 is 19.1 Å². The number of hydrogen-bond acceptors (Lipinski definition) is 7. The average molecular weight is 483 g/mol. The zero-order chi connectivity index (χ0) is 24.7. The third kappa shape index (κ3) is 6.60. The molecule has 8 nitrogen and oxygen atoms in total. The molecule has 0 fully saturated rings. The number of anilines is 1. The van der Waals surface area contributed by atoms with Crippen molar-refractivity contribution in [1.29, 1.82) is 0 Å². The number of aromatic nitrogens is 3. The summed E-state index contributed by atoms with van der Waals surface area (Å²) in [6, 6.07) is 14.3. The van der Waals surface area contributed by atoms with Crippen LogP contribution in [0.2, 0.25) is 0 Å². The molecule has 0 saturated carbocycles. The second-order valence-electron chi connectivity index (χ2n) is 8.23. The number of para-hydroxylation sites is 2. The maximum atomic E-state index is 12.5. The molecular formula is C25H30N4O4S. The van der Waals surface area contributed by atoms with Gasteiger partial charge >= 0.3 is 0 Å². The number of carbonyl (C=O) groups is 2. The number of amides is 1. The highest BCUT2D eigenvalue weighted by Gasteiger charge is 2.22. The zero-order valence-corrected chi connectivity index (χ0v) is 20.9. The molecule has 0 bridgehead atoms. The van der Waals surface area contributed by atoms with Crippen LogP contribution in [0.4, 0.5) is 5.69 Å². The summed E-state index contributed by atoms with van der Waals surface area (Å²) in [6.45, 7) is 8.34. The first kappa shape index (κ1) is 25.3. The van der Waals surface area contributed by atoms with Gasteiger partial charge in [-0.1, -0.05) is 37.7 Å². The number of hydrogen-bond donors (Lipinski definition) is 1. The molecule has 1 amide bonds. The van der Waals surface area contributed by atoms with Crippen LogP contribution in [0.5, 0.6) is 11.5 Å². The third-order valence-electron chi connectivity index (χ3n) is 4.94. The molecule has 0 aliphatic carbocycles. The highest BCUT2D eigenvalue weighted by Crippen LogP contribution is 2.31. The lowest BCUT2D eigenvalue weighted by Crippen LogP contribution is -2.17. The molecule has 3 rings (SSSR count). The average Bonchev–Trinajstić information content (AvgIpc) is 3.20. The fraction of sp³-hybridized carbons (Fsp3) is 0.360. The third-order valence-corrected chi connectivity index (χ3v) is 5.90. The van der Waals surface area contributed by atoms with Crippen molar-refractivity contribution in [3.8, 4) is 11.5 Å². The van der Waals surface area contributed by atoms with Gasteiger partial charge in [0.1, 0.15) is 0 Å². The van der Waals surface area contributed by atoms with E-state index in [-0.39, 0.29) is 23.5 Å². The number of carbonyl (C=O) groups excluding carboxylic acids is 2. The van der Waals surface area contributed by atoms with E-state index < -0.39 is 0 Å². The normalized spacial score (nSPS) is 11.8. The number of nitrogens with zero attached hydrogens (tertiary/aromatic N) is 3. The molecule has 3 aromatic rings. The minimum absolute atomic E-state index is 0.0161. The first-order chi connectivity index (χ1) is 16.3. The molecule has 1 unspecified atom stereocenters. The Morgan fingerprint density at radius 1 is 1.03 bits per heavy atom. The van der Waals surface area contributed by atoms with E-state index in [0.29, 0.717) is 46.2 Å². The van der Waals surface area contributed by atoms with Gasteiger partial charge in [0.15, 0.2) is 34.4 Å². The smallest absolute Gasteiger partial charge is 0.234 e. The van der Waals surface area contributed by atoms with E-state index in [0.717, 1.165) is 0 Å². The highest BCUT2D eigenvalue weighted by molar-refractivity contribution is 7.99. The molecule has 0 aliphatic rings. The maximum Gasteiger partial charge on any atom is 0.234 e. The topological polar surface area (TPSA) is 95.3 Å². The first-order valence-electron chi connectivity index (χ1n) is 11.0. The lowest BCUT2D eigenvalue weighted by atomic mass is 10.1. The summed E-state index contributed by atoms with van der Waals surface area (Å²) in [5.74, 6) is 2.29. The summed E-state index contributed by atoms with van der Waals surface area (Å²) in [5.41, 5.74) is 1.24. The number of ketones is 1. The molecular weight excluding hydrogens is 452 g/mol. The molecule has 0 spiro atoms. The standard InChI is InChI=1S/C25H30N4O4S/c1-16(2)14-29-24(18(4)33-22-9-7-6-8-21(22)32-5)27-28-25(29)34-15-23(31)26-20-12-10-19(11-13-20)17(3)30/h6-13,16,18H,14-15H2,1-5H3,(H,26,31). The van der Waals surface area contributed by atoms with Gasteiger partial charge in [0.05, 0.1) is 12.9 Å². The van der Waals surface area contributed by atoms with Crippen molar-refractivity contribution in [1.82, 2.24) is 14.8 Å². The number of ether oxygens (including phenoxy) is 2. The Balaban J connectivity index is 1.69. The van der Waals surface area contributed by atoms with E-state index in [1.54, 1.807) is 31.4 Å². The van der Waals surface area contributed by atoms with E-state index in [4.69, 9.17) is 9.47 Å². The molecule has 1 heterocycles. The van der Waals surface area contributed by atoms with Crippen LogP contribution in [0, 0.1) is 5.92 Å². The van der Waals surface area contributed by atoms with Crippen molar-refractivity contribution in [2.45, 2.75) is 45.5 Å². The van der Waals surface area contributed by atoms with E-state index in [1.165, 1.54) is 18.7 Å². The van der Waals surface area contributed by atoms with Gasteiger partial charge in [-0.2, -0.15) is 0 Å². The van der Waals surface area contributed by atoms with Gasteiger partial charge in [0.2, 0.25) is 5.91 Å². The Hall–Kier alpha value is -3.33. The van der Waals surface area contributed by atoms with Gasteiger partial charge in [0, 0.05) is 17.8 Å². The summed E-state index contributed by atoms with van der Waals surface area (Å²) in [5, 5.41) is 12.2. The largest absolute Gasteiger partial charge is 0.493 e. The fourth-order valence-electron chi connectivity index (χ4n) is 3.32. The number of methoxy groups -OCH3 is 1. The second kappa shape index (κ2) is 11.7. The van der Waals surface area contributed by atoms with E-state index in [1.807, 2.05) is 35.8 Å². The molecule has 2 aromatic carbocycles. The van der Waals surface area contributed by atoms with Crippen LogP contribution in [0.1, 0.15) is 50.0 Å². The minimum atomic E-state index is -0.370. The fourth-order valence-corrected chi connectivity index (χ4v) is 4.07. The van der Waals surface area contributed by atoms with Crippen molar-refractivity contribution in [2.75, 3.05) is 18.2 Å². The quantitative estimate of drug-likeness (QED) is 0.303. The summed E-state index contributed by atoms with van der Waals surface area (Å²) >= 11 is 1.32. The summed E-state index contributed by atoms with van der Waals surface area (Å²) < 4.78 is 13.5. The van der Waals surface area contributed by atoms with E-state index in [9.17, 15) is 9.59 Å². The van der Waals surface area contributed by atoms with E-state index >= 15 is 0 Å². The van der Waals surface area contributed by atoms with Crippen LogP contribution >= 0.6 is 11.8 Å². The molecule has 34 heavy (non-hydrogen) atoms. The monoisotopic (exact) mass is 482 g/mol. The van der Waals surface area contributed by atoms with Crippen LogP contribution < -0.4 is 14.8 Å². The van der Waals surface area contributed by atoms with Gasteiger partial charge in [-0.3, -0.25) is 9.59 Å². The Labute approximate surface area is 204 Å². The highest BCUT2D eigenvalue weighted by atomic mass is 32.2. The maximum absolute atomic E-state index is 12.5. The molecule has 0 aliphatic heterocycles. The van der Waals surface area contributed by atoms with Gasteiger partial charge < -0.3 is 19.4 Å². The Morgan fingerprint density at radius 3 is 2.32 bits per heavy atom. The minimum Gasteiger partial charge on any atom is -0.493 e. The van der Waals surface area contributed by atoms with Crippen molar-refractivity contribution in [2.24, 2.45) is 5.92 Å².